The fourth-order valence-corrected chi connectivity index (χ4v) is 1.67. The van der Waals surface area contributed by atoms with Crippen LogP contribution < -0.4 is 0 Å². The van der Waals surface area contributed by atoms with Crippen molar-refractivity contribution in [2.45, 2.75) is 13.8 Å². The van der Waals surface area contributed by atoms with Crippen molar-refractivity contribution in [1.82, 2.24) is 4.98 Å². The molecule has 86 valence electrons. The highest BCUT2D eigenvalue weighted by atomic mass is 16.1. The molecular formula is C15H15NO. The summed E-state index contributed by atoms with van der Waals surface area (Å²) in [4.78, 5) is 15.4. The maximum absolute atomic E-state index is 10.9. The van der Waals surface area contributed by atoms with Gasteiger partial charge in [-0.3, -0.25) is 4.79 Å². The van der Waals surface area contributed by atoms with E-state index in [-0.39, 0.29) is 5.92 Å². The number of hydrogen-bond donors (Lipinski definition) is 0. The maximum Gasteiger partial charge on any atom is 0.146 e. The van der Waals surface area contributed by atoms with Gasteiger partial charge in [-0.2, -0.15) is 0 Å². The van der Waals surface area contributed by atoms with Gasteiger partial charge in [0.15, 0.2) is 0 Å². The van der Waals surface area contributed by atoms with Crippen molar-refractivity contribution < 1.29 is 4.79 Å². The third-order valence-electron chi connectivity index (χ3n) is 2.74. The van der Waals surface area contributed by atoms with Crippen LogP contribution in [0.15, 0.2) is 42.0 Å². The number of nitrogens with zero attached hydrogens (tertiary/aromatic N) is 1. The third-order valence-corrected chi connectivity index (χ3v) is 2.74. The van der Waals surface area contributed by atoms with Crippen molar-refractivity contribution in [3.63, 3.8) is 0 Å². The Morgan fingerprint density at radius 3 is 2.65 bits per heavy atom. The minimum absolute atomic E-state index is 0.223. The van der Waals surface area contributed by atoms with Gasteiger partial charge in [0.1, 0.15) is 6.29 Å². The topological polar surface area (TPSA) is 30.0 Å². The zero-order valence-electron chi connectivity index (χ0n) is 10.1. The molecule has 1 aromatic carbocycles. The minimum atomic E-state index is 0.223. The summed E-state index contributed by atoms with van der Waals surface area (Å²) in [6, 6.07) is 11.9. The summed E-state index contributed by atoms with van der Waals surface area (Å²) in [5.74, 6) is 0.223. The Morgan fingerprint density at radius 2 is 1.94 bits per heavy atom. The molecule has 0 radical (unpaired) electrons. The van der Waals surface area contributed by atoms with Crippen molar-refractivity contribution in [3.8, 4) is 0 Å². The molecule has 1 heterocycles. The van der Waals surface area contributed by atoms with Gasteiger partial charge in [0.05, 0.1) is 11.2 Å². The summed E-state index contributed by atoms with van der Waals surface area (Å²) in [6.07, 6.45) is 2.76. The van der Waals surface area contributed by atoms with Gasteiger partial charge < -0.3 is 0 Å². The van der Waals surface area contributed by atoms with Gasteiger partial charge >= 0.3 is 0 Å². The normalized spacial score (nSPS) is 12.1. The first-order chi connectivity index (χ1) is 8.20. The zero-order chi connectivity index (χ0) is 12.3. The molecule has 1 aromatic heterocycles. The summed E-state index contributed by atoms with van der Waals surface area (Å²) < 4.78 is 0. The Bertz CT molecular complexity index is 570. The zero-order valence-corrected chi connectivity index (χ0v) is 10.1. The number of allylic oxidation sites excluding steroid dienone is 1. The molecule has 2 heteroatoms. The van der Waals surface area contributed by atoms with Gasteiger partial charge in [-0.1, -0.05) is 38.1 Å². The fraction of sp³-hybridized carbons (Fsp3) is 0.200. The second-order valence-corrected chi connectivity index (χ2v) is 4.35. The molecule has 0 bridgehead atoms. The summed E-state index contributed by atoms with van der Waals surface area (Å²) in [7, 11) is 0. The van der Waals surface area contributed by atoms with E-state index in [0.717, 1.165) is 28.5 Å². The monoisotopic (exact) mass is 225 g/mol. The Morgan fingerprint density at radius 1 is 1.18 bits per heavy atom. The number of carbonyl (C=O) groups excluding carboxylic acids is 1. The highest BCUT2D eigenvalue weighted by molar-refractivity contribution is 5.84. The lowest BCUT2D eigenvalue weighted by Crippen LogP contribution is -1.95. The molecule has 0 aliphatic rings. The van der Waals surface area contributed by atoms with Gasteiger partial charge in [-0.25, -0.2) is 4.98 Å². The summed E-state index contributed by atoms with van der Waals surface area (Å²) in [5, 5.41) is 1.11. The van der Waals surface area contributed by atoms with Gasteiger partial charge in [-0.05, 0) is 29.7 Å². The van der Waals surface area contributed by atoms with Crippen LogP contribution in [0.5, 0.6) is 0 Å². The molecule has 0 fully saturated rings. The minimum Gasteiger partial charge on any atom is -0.298 e. The molecule has 0 saturated heterocycles. The second-order valence-electron chi connectivity index (χ2n) is 4.35. The number of aromatic nitrogens is 1. The molecule has 0 aliphatic carbocycles. The van der Waals surface area contributed by atoms with Crippen LogP contribution >= 0.6 is 0 Å². The molecule has 17 heavy (non-hydrogen) atoms. The van der Waals surface area contributed by atoms with Crippen molar-refractivity contribution in [3.05, 3.63) is 47.7 Å². The number of aldehydes is 1. The van der Waals surface area contributed by atoms with E-state index in [4.69, 9.17) is 0 Å². The van der Waals surface area contributed by atoms with Crippen LogP contribution in [0.3, 0.4) is 0 Å². The highest BCUT2D eigenvalue weighted by Crippen LogP contribution is 2.15. The van der Waals surface area contributed by atoms with Crippen LogP contribution in [-0.4, -0.2) is 11.3 Å². The third kappa shape index (κ3) is 2.59. The van der Waals surface area contributed by atoms with Crippen molar-refractivity contribution in [2.75, 3.05) is 0 Å². The van der Waals surface area contributed by atoms with E-state index in [1.807, 2.05) is 56.3 Å². The second kappa shape index (κ2) is 4.91. The van der Waals surface area contributed by atoms with E-state index in [9.17, 15) is 4.79 Å². The average molecular weight is 225 g/mol. The van der Waals surface area contributed by atoms with Crippen molar-refractivity contribution in [1.29, 1.82) is 0 Å². The summed E-state index contributed by atoms with van der Waals surface area (Å²) in [6.45, 7) is 4.00. The van der Waals surface area contributed by atoms with Crippen LogP contribution in [0.1, 0.15) is 19.5 Å². The number of fused-ring (bicyclic) bond motifs is 1. The Hall–Kier alpha value is -1.96. The van der Waals surface area contributed by atoms with E-state index in [2.05, 4.69) is 4.98 Å². The standard InChI is InChI=1S/C15H15NO/c1-11(2)13(10-17)9-14-8-7-12-5-3-4-6-15(12)16-14/h3-11H,1-2H3. The molecule has 0 amide bonds. The number of pyridine rings is 1. The number of para-hydroxylation sites is 1. The number of hydrogen-bond acceptors (Lipinski definition) is 2. The molecule has 0 saturated carbocycles. The fourth-order valence-electron chi connectivity index (χ4n) is 1.67. The largest absolute Gasteiger partial charge is 0.298 e. The van der Waals surface area contributed by atoms with Gasteiger partial charge in [-0.15, -0.1) is 0 Å². The van der Waals surface area contributed by atoms with Crippen LogP contribution in [-0.2, 0) is 4.79 Å². The molecule has 0 N–H and O–H groups in total. The maximum atomic E-state index is 10.9. The molecule has 0 unspecified atom stereocenters. The van der Waals surface area contributed by atoms with Crippen LogP contribution in [0.4, 0.5) is 0 Å². The Balaban J connectivity index is 2.46. The first-order valence-corrected chi connectivity index (χ1v) is 5.73. The summed E-state index contributed by atoms with van der Waals surface area (Å²) in [5.41, 5.74) is 2.56. The van der Waals surface area contributed by atoms with E-state index in [0.29, 0.717) is 0 Å². The lowest BCUT2D eigenvalue weighted by molar-refractivity contribution is -0.105. The Kier molecular flexibility index (Phi) is 3.33. The number of rotatable bonds is 3. The molecule has 0 spiro atoms. The van der Waals surface area contributed by atoms with Gasteiger partial charge in [0.2, 0.25) is 0 Å². The Labute approximate surface area is 101 Å². The molecule has 0 aliphatic heterocycles. The van der Waals surface area contributed by atoms with Gasteiger partial charge in [0.25, 0.3) is 0 Å². The molecular weight excluding hydrogens is 210 g/mol. The summed E-state index contributed by atoms with van der Waals surface area (Å²) >= 11 is 0. The predicted octanol–water partition coefficient (Wildman–Crippen LogP) is 3.47. The highest BCUT2D eigenvalue weighted by Gasteiger charge is 2.02. The van der Waals surface area contributed by atoms with Crippen LogP contribution in [0.2, 0.25) is 0 Å². The lowest BCUT2D eigenvalue weighted by atomic mass is 10.0. The lowest BCUT2D eigenvalue weighted by Gasteiger charge is -2.04. The molecule has 0 atom stereocenters. The van der Waals surface area contributed by atoms with Crippen LogP contribution in [0, 0.1) is 5.92 Å². The quantitative estimate of drug-likeness (QED) is 0.591. The smallest absolute Gasteiger partial charge is 0.146 e. The van der Waals surface area contributed by atoms with Gasteiger partial charge in [0, 0.05) is 5.39 Å². The van der Waals surface area contributed by atoms with Crippen molar-refractivity contribution >= 4 is 23.3 Å². The number of benzene rings is 1. The average Bonchev–Trinajstić information content (AvgIpc) is 2.35. The number of carbonyl (C=O) groups is 1. The van der Waals surface area contributed by atoms with Crippen molar-refractivity contribution in [2.24, 2.45) is 5.92 Å². The molecule has 2 aromatic rings. The van der Waals surface area contributed by atoms with E-state index >= 15 is 0 Å². The van der Waals surface area contributed by atoms with Crippen LogP contribution in [0.25, 0.3) is 17.0 Å². The first-order valence-electron chi connectivity index (χ1n) is 5.73. The first kappa shape index (κ1) is 11.5. The van der Waals surface area contributed by atoms with E-state index in [1.54, 1.807) is 0 Å². The SMILES string of the molecule is CC(C)C(C=O)=Cc1ccc2ccccc2n1. The molecule has 2 rings (SSSR count). The molecule has 2 nitrogen and oxygen atoms in total. The predicted molar refractivity (Wildman–Crippen MR) is 70.6 cm³/mol. The van der Waals surface area contributed by atoms with E-state index < -0.39 is 0 Å². The van der Waals surface area contributed by atoms with E-state index in [1.165, 1.54) is 0 Å².